The number of aliphatic hydroxyl groups is 1. The fourth-order valence-corrected chi connectivity index (χ4v) is 5.11. The average Bonchev–Trinajstić information content (AvgIpc) is 3.32. The van der Waals surface area contributed by atoms with Gasteiger partial charge in [-0.25, -0.2) is 9.67 Å². The SMILES string of the molecule is COc1ccc(C(O)C[C@H]2CCC3=Cc4c(cnn4-c4cccnc4)C[C@@]32C)cn1. The fraction of sp³-hybridized carbons (Fsp3) is 0.375. The summed E-state index contributed by atoms with van der Waals surface area (Å²) in [5, 5.41) is 15.5. The van der Waals surface area contributed by atoms with E-state index < -0.39 is 6.10 Å². The molecular weight excluding hydrogens is 376 g/mol. The molecule has 6 nitrogen and oxygen atoms in total. The van der Waals surface area contributed by atoms with E-state index in [1.807, 2.05) is 35.3 Å². The third-order valence-electron chi connectivity index (χ3n) is 6.90. The van der Waals surface area contributed by atoms with Gasteiger partial charge in [-0.05, 0) is 72.4 Å². The molecular formula is C24H26N4O2. The van der Waals surface area contributed by atoms with Crippen LogP contribution in [0.2, 0.25) is 0 Å². The number of rotatable bonds is 5. The van der Waals surface area contributed by atoms with Gasteiger partial charge in [-0.15, -0.1) is 0 Å². The van der Waals surface area contributed by atoms with Gasteiger partial charge in [-0.2, -0.15) is 5.10 Å². The highest BCUT2D eigenvalue weighted by molar-refractivity contribution is 5.61. The number of pyridine rings is 2. The molecule has 3 aromatic rings. The highest BCUT2D eigenvalue weighted by atomic mass is 16.5. The van der Waals surface area contributed by atoms with E-state index >= 15 is 0 Å². The third kappa shape index (κ3) is 3.12. The quantitative estimate of drug-likeness (QED) is 0.694. The van der Waals surface area contributed by atoms with Crippen molar-refractivity contribution in [1.29, 1.82) is 0 Å². The Balaban J connectivity index is 1.39. The van der Waals surface area contributed by atoms with E-state index in [-0.39, 0.29) is 5.41 Å². The van der Waals surface area contributed by atoms with Crippen molar-refractivity contribution in [2.24, 2.45) is 11.3 Å². The van der Waals surface area contributed by atoms with Gasteiger partial charge in [0.1, 0.15) is 0 Å². The third-order valence-corrected chi connectivity index (χ3v) is 6.90. The minimum absolute atomic E-state index is 0.0523. The lowest BCUT2D eigenvalue weighted by Crippen LogP contribution is -2.30. The Morgan fingerprint density at radius 3 is 2.90 bits per heavy atom. The van der Waals surface area contributed by atoms with Crippen LogP contribution in [0.5, 0.6) is 5.88 Å². The lowest BCUT2D eigenvalue weighted by molar-refractivity contribution is 0.112. The summed E-state index contributed by atoms with van der Waals surface area (Å²) >= 11 is 0. The van der Waals surface area contributed by atoms with Crippen molar-refractivity contribution >= 4 is 6.08 Å². The van der Waals surface area contributed by atoms with Gasteiger partial charge in [0.15, 0.2) is 0 Å². The monoisotopic (exact) mass is 402 g/mol. The molecule has 0 radical (unpaired) electrons. The van der Waals surface area contributed by atoms with Crippen molar-refractivity contribution < 1.29 is 9.84 Å². The molecule has 30 heavy (non-hydrogen) atoms. The Hall–Kier alpha value is -2.99. The number of aromatic nitrogens is 4. The summed E-state index contributed by atoms with van der Waals surface area (Å²) in [5.41, 5.74) is 5.77. The molecule has 2 aliphatic rings. The molecule has 0 aromatic carbocycles. The highest BCUT2D eigenvalue weighted by Gasteiger charge is 2.46. The van der Waals surface area contributed by atoms with E-state index in [1.54, 1.807) is 25.6 Å². The van der Waals surface area contributed by atoms with Crippen LogP contribution in [0.15, 0.2) is 54.6 Å². The lowest BCUT2D eigenvalue weighted by atomic mass is 9.68. The van der Waals surface area contributed by atoms with E-state index in [0.717, 1.165) is 42.6 Å². The van der Waals surface area contributed by atoms with Crippen LogP contribution in [0, 0.1) is 11.3 Å². The van der Waals surface area contributed by atoms with Gasteiger partial charge in [0, 0.05) is 18.5 Å². The van der Waals surface area contributed by atoms with Gasteiger partial charge in [0.25, 0.3) is 0 Å². The average molecular weight is 402 g/mol. The van der Waals surface area contributed by atoms with Gasteiger partial charge in [0.2, 0.25) is 5.88 Å². The first-order valence-electron chi connectivity index (χ1n) is 10.4. The molecule has 0 aliphatic heterocycles. The zero-order valence-corrected chi connectivity index (χ0v) is 17.3. The summed E-state index contributed by atoms with van der Waals surface area (Å²) in [6.45, 7) is 2.35. The van der Waals surface area contributed by atoms with Gasteiger partial charge in [-0.1, -0.05) is 12.5 Å². The summed E-state index contributed by atoms with van der Waals surface area (Å²) in [5.74, 6) is 0.977. The molecule has 3 atom stereocenters. The first-order chi connectivity index (χ1) is 14.6. The number of hydrogen-bond acceptors (Lipinski definition) is 5. The lowest BCUT2D eigenvalue weighted by Gasteiger charge is -2.37. The first kappa shape index (κ1) is 19.0. The Kier molecular flexibility index (Phi) is 4.66. The number of ether oxygens (including phenoxy) is 1. The summed E-state index contributed by atoms with van der Waals surface area (Å²) in [6.07, 6.45) is 13.0. The van der Waals surface area contributed by atoms with Crippen molar-refractivity contribution in [3.63, 3.8) is 0 Å². The minimum Gasteiger partial charge on any atom is -0.481 e. The number of aliphatic hydroxyl groups excluding tert-OH is 1. The molecule has 0 amide bonds. The van der Waals surface area contributed by atoms with Crippen LogP contribution >= 0.6 is 0 Å². The molecule has 0 spiro atoms. The van der Waals surface area contributed by atoms with Crippen molar-refractivity contribution in [2.75, 3.05) is 7.11 Å². The molecule has 154 valence electrons. The van der Waals surface area contributed by atoms with Crippen molar-refractivity contribution in [3.8, 4) is 11.6 Å². The summed E-state index contributed by atoms with van der Waals surface area (Å²) in [4.78, 5) is 8.48. The van der Waals surface area contributed by atoms with Gasteiger partial charge in [-0.3, -0.25) is 4.98 Å². The van der Waals surface area contributed by atoms with Crippen LogP contribution in [0.25, 0.3) is 11.8 Å². The Morgan fingerprint density at radius 1 is 1.27 bits per heavy atom. The van der Waals surface area contributed by atoms with Crippen molar-refractivity contribution in [3.05, 3.63) is 71.4 Å². The van der Waals surface area contributed by atoms with E-state index in [9.17, 15) is 5.11 Å². The van der Waals surface area contributed by atoms with Gasteiger partial charge < -0.3 is 9.84 Å². The fourth-order valence-electron chi connectivity index (χ4n) is 5.11. The smallest absolute Gasteiger partial charge is 0.212 e. The van der Waals surface area contributed by atoms with E-state index in [2.05, 4.69) is 28.1 Å². The second kappa shape index (κ2) is 7.36. The van der Waals surface area contributed by atoms with Gasteiger partial charge in [0.05, 0.1) is 37.0 Å². The molecule has 1 fully saturated rings. The molecule has 3 heterocycles. The molecule has 6 heteroatoms. The Bertz CT molecular complexity index is 1070. The predicted molar refractivity (Wildman–Crippen MR) is 114 cm³/mol. The number of methoxy groups -OCH3 is 1. The summed E-state index contributed by atoms with van der Waals surface area (Å²) < 4.78 is 7.11. The molecule has 3 aromatic heterocycles. The van der Waals surface area contributed by atoms with E-state index in [4.69, 9.17) is 4.74 Å². The van der Waals surface area contributed by atoms with E-state index in [0.29, 0.717) is 11.8 Å². The van der Waals surface area contributed by atoms with Crippen LogP contribution in [-0.2, 0) is 6.42 Å². The van der Waals surface area contributed by atoms with Crippen LogP contribution in [-0.4, -0.2) is 32.0 Å². The molecule has 5 rings (SSSR count). The molecule has 0 saturated heterocycles. The second-order valence-corrected chi connectivity index (χ2v) is 8.56. The van der Waals surface area contributed by atoms with Crippen LogP contribution in [0.1, 0.15) is 49.1 Å². The minimum atomic E-state index is -0.524. The second-order valence-electron chi connectivity index (χ2n) is 8.56. The maximum absolute atomic E-state index is 10.9. The largest absolute Gasteiger partial charge is 0.481 e. The maximum atomic E-state index is 10.9. The predicted octanol–water partition coefficient (Wildman–Crippen LogP) is 4.15. The van der Waals surface area contributed by atoms with Crippen molar-refractivity contribution in [2.45, 2.75) is 38.7 Å². The molecule has 1 saturated carbocycles. The molecule has 1 unspecified atom stereocenters. The van der Waals surface area contributed by atoms with E-state index in [1.165, 1.54) is 11.1 Å². The Labute approximate surface area is 176 Å². The molecule has 1 N–H and O–H groups in total. The van der Waals surface area contributed by atoms with Crippen LogP contribution in [0.3, 0.4) is 0 Å². The number of allylic oxidation sites excluding steroid dienone is 1. The van der Waals surface area contributed by atoms with Crippen LogP contribution < -0.4 is 4.74 Å². The summed E-state index contributed by atoms with van der Waals surface area (Å²) in [6, 6.07) is 7.68. The van der Waals surface area contributed by atoms with Crippen LogP contribution in [0.4, 0.5) is 0 Å². The maximum Gasteiger partial charge on any atom is 0.212 e. The number of fused-ring (bicyclic) bond motifs is 2. The van der Waals surface area contributed by atoms with Gasteiger partial charge >= 0.3 is 0 Å². The first-order valence-corrected chi connectivity index (χ1v) is 10.4. The zero-order valence-electron chi connectivity index (χ0n) is 17.3. The Morgan fingerprint density at radius 2 is 2.17 bits per heavy atom. The highest BCUT2D eigenvalue weighted by Crippen LogP contribution is 2.55. The summed E-state index contributed by atoms with van der Waals surface area (Å²) in [7, 11) is 1.60. The number of hydrogen-bond donors (Lipinski definition) is 1. The topological polar surface area (TPSA) is 73.1 Å². The molecule has 2 aliphatic carbocycles. The van der Waals surface area contributed by atoms with Crippen molar-refractivity contribution in [1.82, 2.24) is 19.7 Å². The zero-order chi connectivity index (χ0) is 20.7. The molecule has 0 bridgehead atoms. The standard InChI is InChI=1S/C24H26N4O2/c1-24-12-17-14-27-28(20-4-3-9-25-15-20)21(17)10-18(24)6-7-19(24)11-22(29)16-5-8-23(30-2)26-13-16/h3-5,8-10,13-15,19,22,29H,6-7,11-12H2,1-2H3/t19-,22?,24+/m1/s1. The normalized spacial score (nSPS) is 23.4. The number of nitrogens with zero attached hydrogens (tertiary/aromatic N) is 4.